The third kappa shape index (κ3) is 5.18. The maximum atomic E-state index is 12.5. The Balaban J connectivity index is 2.03. The molecular formula is C18H25N3O5. The highest BCUT2D eigenvalue weighted by atomic mass is 16.6. The van der Waals surface area contributed by atoms with Gasteiger partial charge in [0.25, 0.3) is 5.91 Å². The van der Waals surface area contributed by atoms with Crippen LogP contribution in [0.15, 0.2) is 23.4 Å². The molecule has 1 aromatic rings. The van der Waals surface area contributed by atoms with Crippen LogP contribution in [0.4, 0.5) is 10.5 Å². The molecule has 0 radical (unpaired) electrons. The smallest absolute Gasteiger partial charge is 0.410 e. The molecule has 1 aliphatic rings. The fraction of sp³-hybridized carbons (Fsp3) is 0.556. The Hall–Kier alpha value is -2.64. The van der Waals surface area contributed by atoms with Gasteiger partial charge in [-0.2, -0.15) is 0 Å². The highest BCUT2D eigenvalue weighted by Gasteiger charge is 2.29. The van der Waals surface area contributed by atoms with Crippen molar-refractivity contribution >= 4 is 17.7 Å². The Bertz CT molecular complexity index is 684. The van der Waals surface area contributed by atoms with Crippen LogP contribution >= 0.6 is 0 Å². The number of nitrogens with one attached hydrogen (secondary N) is 1. The second-order valence-electron chi connectivity index (χ2n) is 7.21. The molecule has 1 unspecified atom stereocenters. The average Bonchev–Trinajstić information content (AvgIpc) is 2.59. The number of ether oxygens (including phenoxy) is 2. The van der Waals surface area contributed by atoms with Crippen LogP contribution in [0.1, 0.15) is 44.0 Å². The predicted molar refractivity (Wildman–Crippen MR) is 96.7 cm³/mol. The number of likely N-dealkylation sites (tertiary alicyclic amines) is 1. The average molecular weight is 363 g/mol. The lowest BCUT2D eigenvalue weighted by Gasteiger charge is -2.34. The van der Waals surface area contributed by atoms with E-state index in [1.165, 1.54) is 19.2 Å². The topological polar surface area (TPSA) is 97.3 Å². The van der Waals surface area contributed by atoms with Crippen molar-refractivity contribution in [3.05, 3.63) is 28.7 Å². The van der Waals surface area contributed by atoms with E-state index >= 15 is 0 Å². The van der Waals surface area contributed by atoms with Crippen LogP contribution < -0.4 is 10.1 Å². The summed E-state index contributed by atoms with van der Waals surface area (Å²) in [6.45, 7) is 6.38. The van der Waals surface area contributed by atoms with E-state index in [0.29, 0.717) is 18.8 Å². The van der Waals surface area contributed by atoms with Gasteiger partial charge in [0.1, 0.15) is 17.0 Å². The molecule has 2 rings (SSSR count). The molecule has 8 heteroatoms. The van der Waals surface area contributed by atoms with Gasteiger partial charge >= 0.3 is 6.09 Å². The summed E-state index contributed by atoms with van der Waals surface area (Å²) in [4.78, 5) is 37.3. The molecule has 0 aromatic heterocycles. The molecule has 26 heavy (non-hydrogen) atoms. The molecule has 1 atom stereocenters. The molecule has 1 heterocycles. The number of carbonyl (C=O) groups is 2. The zero-order valence-electron chi connectivity index (χ0n) is 15.6. The second kappa shape index (κ2) is 8.16. The third-order valence-corrected chi connectivity index (χ3v) is 3.96. The minimum absolute atomic E-state index is 0.0154. The standard InChI is InChI=1S/C18H25N3O5/c1-18(2,3)26-17(23)21-9-5-6-12(11-21)19-16(22)14-8-7-13(25-4)10-15(14)20-24/h7-8,10,12H,5-6,9,11H2,1-4H3,(H,19,22). The van der Waals surface area contributed by atoms with Gasteiger partial charge in [-0.25, -0.2) is 4.79 Å². The number of nitroso groups, excluding NO2 is 1. The van der Waals surface area contributed by atoms with Crippen LogP contribution in [0.2, 0.25) is 0 Å². The van der Waals surface area contributed by atoms with Gasteiger partial charge in [0, 0.05) is 25.2 Å². The van der Waals surface area contributed by atoms with Gasteiger partial charge in [0.05, 0.1) is 12.7 Å². The van der Waals surface area contributed by atoms with E-state index in [9.17, 15) is 14.5 Å². The Morgan fingerprint density at radius 3 is 2.65 bits per heavy atom. The summed E-state index contributed by atoms with van der Waals surface area (Å²) in [6, 6.07) is 4.29. The zero-order chi connectivity index (χ0) is 19.3. The van der Waals surface area contributed by atoms with E-state index < -0.39 is 17.6 Å². The minimum Gasteiger partial charge on any atom is -0.497 e. The number of nitrogens with zero attached hydrogens (tertiary/aromatic N) is 2. The molecular weight excluding hydrogens is 338 g/mol. The van der Waals surface area contributed by atoms with Gasteiger partial charge in [-0.15, -0.1) is 4.91 Å². The highest BCUT2D eigenvalue weighted by molar-refractivity contribution is 5.99. The lowest BCUT2D eigenvalue weighted by atomic mass is 10.0. The van der Waals surface area contributed by atoms with Crippen molar-refractivity contribution in [2.24, 2.45) is 5.18 Å². The Morgan fingerprint density at radius 1 is 1.31 bits per heavy atom. The zero-order valence-corrected chi connectivity index (χ0v) is 15.6. The summed E-state index contributed by atoms with van der Waals surface area (Å²) < 4.78 is 10.4. The molecule has 1 fully saturated rings. The van der Waals surface area contributed by atoms with E-state index in [2.05, 4.69) is 10.5 Å². The third-order valence-electron chi connectivity index (χ3n) is 3.96. The molecule has 1 saturated heterocycles. The maximum Gasteiger partial charge on any atom is 0.410 e. The fourth-order valence-corrected chi connectivity index (χ4v) is 2.76. The molecule has 8 nitrogen and oxygen atoms in total. The monoisotopic (exact) mass is 363 g/mol. The van der Waals surface area contributed by atoms with E-state index in [0.717, 1.165) is 12.8 Å². The molecule has 2 amide bonds. The van der Waals surface area contributed by atoms with Gasteiger partial charge < -0.3 is 19.7 Å². The van der Waals surface area contributed by atoms with Gasteiger partial charge in [-0.1, -0.05) is 0 Å². The molecule has 142 valence electrons. The SMILES string of the molecule is COc1ccc(C(=O)NC2CCCN(C(=O)OC(C)(C)C)C2)c(N=O)c1. The van der Waals surface area contributed by atoms with E-state index in [1.807, 2.05) is 20.8 Å². The molecule has 0 aliphatic carbocycles. The first-order chi connectivity index (χ1) is 12.2. The van der Waals surface area contributed by atoms with Gasteiger partial charge in [0.15, 0.2) is 0 Å². The summed E-state index contributed by atoms with van der Waals surface area (Å²) in [5.74, 6) is 0.0446. The molecule has 0 bridgehead atoms. The van der Waals surface area contributed by atoms with Crippen molar-refractivity contribution in [2.45, 2.75) is 45.3 Å². The second-order valence-corrected chi connectivity index (χ2v) is 7.21. The molecule has 1 N–H and O–H groups in total. The van der Waals surface area contributed by atoms with Crippen molar-refractivity contribution in [1.82, 2.24) is 10.2 Å². The Kier molecular flexibility index (Phi) is 6.18. The lowest BCUT2D eigenvalue weighted by molar-refractivity contribution is 0.0185. The van der Waals surface area contributed by atoms with Crippen LogP contribution in [0, 0.1) is 4.91 Å². The first-order valence-electron chi connectivity index (χ1n) is 8.53. The van der Waals surface area contributed by atoms with Gasteiger partial charge in [-0.3, -0.25) is 4.79 Å². The quantitative estimate of drug-likeness (QED) is 0.828. The summed E-state index contributed by atoms with van der Waals surface area (Å²) in [6.07, 6.45) is 1.10. The summed E-state index contributed by atoms with van der Waals surface area (Å²) in [5.41, 5.74) is -0.377. The number of rotatable bonds is 4. The molecule has 1 aliphatic heterocycles. The summed E-state index contributed by atoms with van der Waals surface area (Å²) in [7, 11) is 1.47. The fourth-order valence-electron chi connectivity index (χ4n) is 2.76. The van der Waals surface area contributed by atoms with Crippen molar-refractivity contribution in [3.8, 4) is 5.75 Å². The number of hydrogen-bond acceptors (Lipinski definition) is 6. The lowest BCUT2D eigenvalue weighted by Crippen LogP contribution is -2.50. The maximum absolute atomic E-state index is 12.5. The Labute approximate surface area is 152 Å². The van der Waals surface area contributed by atoms with Crippen LogP contribution in [0.25, 0.3) is 0 Å². The highest BCUT2D eigenvalue weighted by Crippen LogP contribution is 2.25. The number of carbonyl (C=O) groups excluding carboxylic acids is 2. The van der Waals surface area contributed by atoms with E-state index in [1.54, 1.807) is 11.0 Å². The predicted octanol–water partition coefficient (Wildman–Crippen LogP) is 3.22. The van der Waals surface area contributed by atoms with Crippen molar-refractivity contribution in [3.63, 3.8) is 0 Å². The van der Waals surface area contributed by atoms with Crippen molar-refractivity contribution in [1.29, 1.82) is 0 Å². The molecule has 0 saturated carbocycles. The first-order valence-corrected chi connectivity index (χ1v) is 8.53. The largest absolute Gasteiger partial charge is 0.497 e. The van der Waals surface area contributed by atoms with Crippen LogP contribution in [0.3, 0.4) is 0 Å². The number of hydrogen-bond donors (Lipinski definition) is 1. The van der Waals surface area contributed by atoms with Crippen LogP contribution in [-0.4, -0.2) is 48.7 Å². The van der Waals surface area contributed by atoms with Crippen LogP contribution in [0.5, 0.6) is 5.75 Å². The van der Waals surface area contributed by atoms with Gasteiger partial charge in [-0.05, 0) is 50.9 Å². The normalized spacial score (nSPS) is 17.4. The number of benzene rings is 1. The van der Waals surface area contributed by atoms with Crippen molar-refractivity contribution in [2.75, 3.05) is 20.2 Å². The van der Waals surface area contributed by atoms with E-state index in [4.69, 9.17) is 9.47 Å². The van der Waals surface area contributed by atoms with Gasteiger partial charge in [0.2, 0.25) is 0 Å². The summed E-state index contributed by atoms with van der Waals surface area (Å²) >= 11 is 0. The first kappa shape index (κ1) is 19.7. The molecule has 0 spiro atoms. The van der Waals surface area contributed by atoms with Crippen LogP contribution in [-0.2, 0) is 4.74 Å². The number of amides is 2. The minimum atomic E-state index is -0.569. The van der Waals surface area contributed by atoms with E-state index in [-0.39, 0.29) is 17.3 Å². The summed E-state index contributed by atoms with van der Waals surface area (Å²) in [5, 5.41) is 5.77. The number of piperidine rings is 1. The molecule has 1 aromatic carbocycles. The Morgan fingerprint density at radius 2 is 2.04 bits per heavy atom. The van der Waals surface area contributed by atoms with Crippen molar-refractivity contribution < 1.29 is 19.1 Å². The number of methoxy groups -OCH3 is 1.